The molecule has 0 saturated heterocycles. The summed E-state index contributed by atoms with van der Waals surface area (Å²) in [7, 11) is -3.95. The number of amides is 1. The number of nitrogens with one attached hydrogen (secondary N) is 1. The molecule has 0 unspecified atom stereocenters. The summed E-state index contributed by atoms with van der Waals surface area (Å²) < 4.78 is 65.0. The Kier molecular flexibility index (Phi) is 7.74. The molecule has 178 valence electrons. The zero-order valence-corrected chi connectivity index (χ0v) is 19.5. The molecule has 0 spiro atoms. The SMILES string of the molecule is CS(=O)(=O)N(Cc1ccc(C(=O)NCC2=CCCCC2)cc1)c1cc(C(F)(F)F)ccc1Cl. The van der Waals surface area contributed by atoms with Crippen molar-refractivity contribution in [2.45, 2.75) is 38.4 Å². The number of hydrogen-bond acceptors (Lipinski definition) is 3. The first-order valence-electron chi connectivity index (χ1n) is 10.3. The van der Waals surface area contributed by atoms with Crippen LogP contribution in [0.2, 0.25) is 5.02 Å². The number of anilines is 1. The van der Waals surface area contributed by atoms with E-state index >= 15 is 0 Å². The minimum absolute atomic E-state index is 0.124. The van der Waals surface area contributed by atoms with Crippen LogP contribution < -0.4 is 9.62 Å². The molecule has 1 amide bonds. The highest BCUT2D eigenvalue weighted by atomic mass is 35.5. The summed E-state index contributed by atoms with van der Waals surface area (Å²) in [5.41, 5.74) is 0.818. The van der Waals surface area contributed by atoms with E-state index in [9.17, 15) is 26.4 Å². The monoisotopic (exact) mass is 500 g/mol. The van der Waals surface area contributed by atoms with Crippen molar-refractivity contribution in [3.8, 4) is 0 Å². The van der Waals surface area contributed by atoms with Crippen molar-refractivity contribution in [1.29, 1.82) is 0 Å². The lowest BCUT2D eigenvalue weighted by Crippen LogP contribution is -2.30. The van der Waals surface area contributed by atoms with Gasteiger partial charge in [-0.3, -0.25) is 9.10 Å². The number of alkyl halides is 3. The fourth-order valence-electron chi connectivity index (χ4n) is 3.55. The Hall–Kier alpha value is -2.52. The molecule has 0 bridgehead atoms. The highest BCUT2D eigenvalue weighted by Crippen LogP contribution is 2.36. The summed E-state index contributed by atoms with van der Waals surface area (Å²) in [5, 5.41) is 2.75. The van der Waals surface area contributed by atoms with E-state index in [4.69, 9.17) is 11.6 Å². The number of benzene rings is 2. The average molecular weight is 501 g/mol. The lowest BCUT2D eigenvalue weighted by Gasteiger charge is -2.24. The molecule has 0 aliphatic heterocycles. The summed E-state index contributed by atoms with van der Waals surface area (Å²) in [5.74, 6) is -0.256. The van der Waals surface area contributed by atoms with E-state index in [0.29, 0.717) is 23.7 Å². The van der Waals surface area contributed by atoms with Gasteiger partial charge in [-0.1, -0.05) is 35.4 Å². The molecule has 33 heavy (non-hydrogen) atoms. The van der Waals surface area contributed by atoms with Crippen molar-refractivity contribution in [3.05, 3.63) is 75.8 Å². The Labute approximate surface area is 196 Å². The molecule has 0 aromatic heterocycles. The molecule has 2 aromatic carbocycles. The Morgan fingerprint density at radius 2 is 1.82 bits per heavy atom. The molecule has 5 nitrogen and oxygen atoms in total. The van der Waals surface area contributed by atoms with E-state index in [1.807, 2.05) is 0 Å². The molecule has 0 radical (unpaired) electrons. The molecule has 2 aromatic rings. The number of sulfonamides is 1. The van der Waals surface area contributed by atoms with Crippen LogP contribution in [0.1, 0.15) is 47.2 Å². The van der Waals surface area contributed by atoms with Gasteiger partial charge in [0, 0.05) is 12.1 Å². The quantitative estimate of drug-likeness (QED) is 0.506. The summed E-state index contributed by atoms with van der Waals surface area (Å²) in [6.45, 7) is 0.241. The standard InChI is InChI=1S/C23H24ClF3N2O3S/c1-33(31,32)29(21-13-19(23(25,26)27)11-12-20(21)24)15-17-7-9-18(10-8-17)22(30)28-14-16-5-3-2-4-6-16/h5,7-13H,2-4,6,14-15H2,1H3,(H,28,30). The number of rotatable bonds is 7. The van der Waals surface area contributed by atoms with Crippen LogP contribution in [0.15, 0.2) is 54.1 Å². The first kappa shape index (κ1) is 25.1. The topological polar surface area (TPSA) is 66.5 Å². The van der Waals surface area contributed by atoms with Crippen molar-refractivity contribution < 1.29 is 26.4 Å². The van der Waals surface area contributed by atoms with Crippen LogP contribution in [0.5, 0.6) is 0 Å². The molecular weight excluding hydrogens is 477 g/mol. The van der Waals surface area contributed by atoms with Gasteiger partial charge in [0.05, 0.1) is 29.1 Å². The zero-order valence-electron chi connectivity index (χ0n) is 18.0. The van der Waals surface area contributed by atoms with Gasteiger partial charge < -0.3 is 5.32 Å². The van der Waals surface area contributed by atoms with Crippen molar-refractivity contribution >= 4 is 33.2 Å². The minimum atomic E-state index is -4.65. The number of carbonyl (C=O) groups is 1. The van der Waals surface area contributed by atoms with Crippen LogP contribution in [0.3, 0.4) is 0 Å². The van der Waals surface area contributed by atoms with Crippen LogP contribution in [0.25, 0.3) is 0 Å². The van der Waals surface area contributed by atoms with E-state index in [1.165, 1.54) is 5.57 Å². The van der Waals surface area contributed by atoms with Crippen molar-refractivity contribution in [1.82, 2.24) is 5.32 Å². The first-order valence-corrected chi connectivity index (χ1v) is 12.6. The highest BCUT2D eigenvalue weighted by molar-refractivity contribution is 7.92. The Morgan fingerprint density at radius 1 is 1.12 bits per heavy atom. The van der Waals surface area contributed by atoms with Gasteiger partial charge in [0.15, 0.2) is 0 Å². The van der Waals surface area contributed by atoms with Gasteiger partial charge in [0.25, 0.3) is 5.91 Å². The summed E-state index contributed by atoms with van der Waals surface area (Å²) >= 11 is 6.05. The normalized spacial score (nSPS) is 14.5. The second kappa shape index (κ2) is 10.2. The van der Waals surface area contributed by atoms with Crippen molar-refractivity contribution in [2.75, 3.05) is 17.1 Å². The number of hydrogen-bond donors (Lipinski definition) is 1. The molecule has 0 saturated carbocycles. The predicted molar refractivity (Wildman–Crippen MR) is 123 cm³/mol. The maximum atomic E-state index is 13.1. The third kappa shape index (κ3) is 6.74. The van der Waals surface area contributed by atoms with Gasteiger partial charge in [-0.15, -0.1) is 0 Å². The molecule has 0 heterocycles. The predicted octanol–water partition coefficient (Wildman–Crippen LogP) is 5.56. The third-order valence-corrected chi connectivity index (χ3v) is 6.79. The van der Waals surface area contributed by atoms with Gasteiger partial charge in [-0.2, -0.15) is 13.2 Å². The first-order chi connectivity index (χ1) is 15.4. The molecule has 1 N–H and O–H groups in total. The Balaban J connectivity index is 1.77. The van der Waals surface area contributed by atoms with E-state index < -0.39 is 21.8 Å². The van der Waals surface area contributed by atoms with E-state index in [1.54, 1.807) is 24.3 Å². The molecule has 3 rings (SSSR count). The van der Waals surface area contributed by atoms with Gasteiger partial charge in [0.2, 0.25) is 10.0 Å². The second-order valence-corrected chi connectivity index (χ2v) is 10.2. The number of halogens is 4. The number of nitrogens with zero attached hydrogens (tertiary/aromatic N) is 1. The van der Waals surface area contributed by atoms with Crippen LogP contribution in [0.4, 0.5) is 18.9 Å². The maximum Gasteiger partial charge on any atom is 0.416 e. The van der Waals surface area contributed by atoms with Crippen LogP contribution in [0, 0.1) is 0 Å². The van der Waals surface area contributed by atoms with Crippen LogP contribution in [-0.4, -0.2) is 27.1 Å². The largest absolute Gasteiger partial charge is 0.416 e. The fourth-order valence-corrected chi connectivity index (χ4v) is 4.71. The minimum Gasteiger partial charge on any atom is -0.348 e. The highest BCUT2D eigenvalue weighted by Gasteiger charge is 2.32. The van der Waals surface area contributed by atoms with Crippen LogP contribution in [-0.2, 0) is 22.7 Å². The van der Waals surface area contributed by atoms with Gasteiger partial charge in [-0.05, 0) is 61.6 Å². The molecule has 0 fully saturated rings. The van der Waals surface area contributed by atoms with Crippen molar-refractivity contribution in [3.63, 3.8) is 0 Å². The molecular formula is C23H24ClF3N2O3S. The van der Waals surface area contributed by atoms with E-state index in [-0.39, 0.29) is 23.2 Å². The van der Waals surface area contributed by atoms with E-state index in [0.717, 1.165) is 48.4 Å². The fraction of sp³-hybridized carbons (Fsp3) is 0.348. The molecule has 10 heteroatoms. The van der Waals surface area contributed by atoms with Gasteiger partial charge >= 0.3 is 6.18 Å². The third-order valence-electron chi connectivity index (χ3n) is 5.35. The lowest BCUT2D eigenvalue weighted by atomic mass is 9.99. The van der Waals surface area contributed by atoms with Crippen LogP contribution >= 0.6 is 11.6 Å². The molecule has 0 atom stereocenters. The molecule has 1 aliphatic rings. The van der Waals surface area contributed by atoms with E-state index in [2.05, 4.69) is 11.4 Å². The van der Waals surface area contributed by atoms with Gasteiger partial charge in [0.1, 0.15) is 0 Å². The van der Waals surface area contributed by atoms with Gasteiger partial charge in [-0.25, -0.2) is 8.42 Å². The average Bonchev–Trinajstić information content (AvgIpc) is 2.76. The smallest absolute Gasteiger partial charge is 0.348 e. The summed E-state index contributed by atoms with van der Waals surface area (Å²) in [6.07, 6.45) is 2.66. The summed E-state index contributed by atoms with van der Waals surface area (Å²) in [6, 6.07) is 8.76. The molecule has 1 aliphatic carbocycles. The number of carbonyl (C=O) groups excluding carboxylic acids is 1. The second-order valence-electron chi connectivity index (χ2n) is 7.92. The maximum absolute atomic E-state index is 13.1. The Morgan fingerprint density at radius 3 is 2.39 bits per heavy atom. The summed E-state index contributed by atoms with van der Waals surface area (Å²) in [4.78, 5) is 12.4. The lowest BCUT2D eigenvalue weighted by molar-refractivity contribution is -0.137. The zero-order chi connectivity index (χ0) is 24.2. The number of allylic oxidation sites excluding steroid dienone is 1. The Bertz CT molecular complexity index is 1150. The van der Waals surface area contributed by atoms with Crippen molar-refractivity contribution in [2.24, 2.45) is 0 Å².